The number of hydrogen-bond acceptors (Lipinski definition) is 2. The van der Waals surface area contributed by atoms with E-state index in [0.717, 1.165) is 11.1 Å². The molecular weight excluding hydrogens is 321 g/mol. The van der Waals surface area contributed by atoms with E-state index in [1.54, 1.807) is 43.3 Å². The Hall–Kier alpha value is -1.71. The Bertz CT molecular complexity index is 701. The van der Waals surface area contributed by atoms with Crippen LogP contribution >= 0.6 is 23.2 Å². The number of halogens is 2. The predicted octanol–water partition coefficient (Wildman–Crippen LogP) is 5.02. The number of hydrogen-bond donors (Lipinski definition) is 1. The van der Waals surface area contributed by atoms with Crippen LogP contribution in [0.2, 0.25) is 10.0 Å². The molecule has 2 rings (SSSR count). The van der Waals surface area contributed by atoms with Gasteiger partial charge >= 0.3 is 0 Å². The lowest BCUT2D eigenvalue weighted by Gasteiger charge is -2.17. The van der Waals surface area contributed by atoms with E-state index in [9.17, 15) is 4.79 Å². The maximum atomic E-state index is 12.3. The van der Waals surface area contributed by atoms with Crippen LogP contribution in [0.1, 0.15) is 18.1 Å². The van der Waals surface area contributed by atoms with Crippen LogP contribution in [0, 0.1) is 13.8 Å². The van der Waals surface area contributed by atoms with Gasteiger partial charge < -0.3 is 10.1 Å². The molecule has 0 aromatic heterocycles. The van der Waals surface area contributed by atoms with Gasteiger partial charge in [0.1, 0.15) is 5.75 Å². The van der Waals surface area contributed by atoms with E-state index < -0.39 is 6.10 Å². The standard InChI is InChI=1S/C17H17Cl2NO2/c1-10-9-13(18)7-8-16(10)22-12(3)17(21)20-15-6-4-5-14(19)11(15)2/h4-9,12H,1-3H3,(H,20,21)/t12-/m0/s1. The molecule has 0 bridgehead atoms. The predicted molar refractivity (Wildman–Crippen MR) is 91.1 cm³/mol. The average Bonchev–Trinajstić information content (AvgIpc) is 2.46. The minimum Gasteiger partial charge on any atom is -0.481 e. The zero-order chi connectivity index (χ0) is 16.3. The average molecular weight is 338 g/mol. The summed E-state index contributed by atoms with van der Waals surface area (Å²) in [6.07, 6.45) is -0.641. The molecular formula is C17H17Cl2NO2. The number of carbonyl (C=O) groups is 1. The molecule has 0 spiro atoms. The SMILES string of the molecule is Cc1cc(Cl)ccc1O[C@@H](C)C(=O)Nc1cccc(Cl)c1C. The van der Waals surface area contributed by atoms with Gasteiger partial charge in [0.15, 0.2) is 6.10 Å². The first-order valence-electron chi connectivity index (χ1n) is 6.87. The Labute approximate surface area is 140 Å². The number of nitrogens with one attached hydrogen (secondary N) is 1. The van der Waals surface area contributed by atoms with Crippen LogP contribution in [-0.2, 0) is 4.79 Å². The van der Waals surface area contributed by atoms with Gasteiger partial charge in [0, 0.05) is 15.7 Å². The van der Waals surface area contributed by atoms with Gasteiger partial charge in [-0.2, -0.15) is 0 Å². The normalized spacial score (nSPS) is 11.9. The number of rotatable bonds is 4. The number of anilines is 1. The Morgan fingerprint density at radius 2 is 1.91 bits per heavy atom. The highest BCUT2D eigenvalue weighted by atomic mass is 35.5. The lowest BCUT2D eigenvalue weighted by atomic mass is 10.2. The van der Waals surface area contributed by atoms with Crippen molar-refractivity contribution in [3.63, 3.8) is 0 Å². The van der Waals surface area contributed by atoms with Crippen molar-refractivity contribution in [1.82, 2.24) is 0 Å². The van der Waals surface area contributed by atoms with Gasteiger partial charge in [0.05, 0.1) is 0 Å². The van der Waals surface area contributed by atoms with Crippen molar-refractivity contribution in [2.75, 3.05) is 5.32 Å². The Morgan fingerprint density at radius 1 is 1.18 bits per heavy atom. The van der Waals surface area contributed by atoms with E-state index >= 15 is 0 Å². The summed E-state index contributed by atoms with van der Waals surface area (Å²) in [7, 11) is 0. The van der Waals surface area contributed by atoms with Crippen molar-refractivity contribution >= 4 is 34.8 Å². The molecule has 1 amide bonds. The third-order valence-corrected chi connectivity index (χ3v) is 3.98. The summed E-state index contributed by atoms with van der Waals surface area (Å²) >= 11 is 12.0. The topological polar surface area (TPSA) is 38.3 Å². The molecule has 0 aliphatic carbocycles. The molecule has 2 aromatic carbocycles. The lowest BCUT2D eigenvalue weighted by Crippen LogP contribution is -2.30. The number of benzene rings is 2. The second-order valence-electron chi connectivity index (χ2n) is 5.07. The van der Waals surface area contributed by atoms with Crippen LogP contribution in [0.5, 0.6) is 5.75 Å². The van der Waals surface area contributed by atoms with E-state index in [4.69, 9.17) is 27.9 Å². The molecule has 0 aliphatic heterocycles. The van der Waals surface area contributed by atoms with Gasteiger partial charge in [-0.05, 0) is 62.2 Å². The third-order valence-electron chi connectivity index (χ3n) is 3.34. The van der Waals surface area contributed by atoms with Crippen molar-refractivity contribution in [2.24, 2.45) is 0 Å². The van der Waals surface area contributed by atoms with Gasteiger partial charge in [0.2, 0.25) is 0 Å². The third kappa shape index (κ3) is 3.93. The summed E-state index contributed by atoms with van der Waals surface area (Å²) in [4.78, 5) is 12.3. The molecule has 0 heterocycles. The van der Waals surface area contributed by atoms with E-state index in [1.165, 1.54) is 0 Å². The van der Waals surface area contributed by atoms with Crippen LogP contribution in [-0.4, -0.2) is 12.0 Å². The smallest absolute Gasteiger partial charge is 0.265 e. The lowest BCUT2D eigenvalue weighted by molar-refractivity contribution is -0.122. The molecule has 116 valence electrons. The molecule has 0 aliphatic rings. The number of amides is 1. The highest BCUT2D eigenvalue weighted by molar-refractivity contribution is 6.31. The van der Waals surface area contributed by atoms with Crippen LogP contribution in [0.3, 0.4) is 0 Å². The summed E-state index contributed by atoms with van der Waals surface area (Å²) in [5.74, 6) is 0.398. The summed E-state index contributed by atoms with van der Waals surface area (Å²) in [6, 6.07) is 10.7. The zero-order valence-electron chi connectivity index (χ0n) is 12.6. The van der Waals surface area contributed by atoms with Gasteiger partial charge in [-0.1, -0.05) is 29.3 Å². The summed E-state index contributed by atoms with van der Waals surface area (Å²) in [6.45, 7) is 5.43. The molecule has 5 heteroatoms. The Balaban J connectivity index is 2.07. The minimum atomic E-state index is -0.641. The second-order valence-corrected chi connectivity index (χ2v) is 5.92. The summed E-state index contributed by atoms with van der Waals surface area (Å²) in [5.41, 5.74) is 2.39. The number of carbonyl (C=O) groups excluding carboxylic acids is 1. The van der Waals surface area contributed by atoms with E-state index in [2.05, 4.69) is 5.32 Å². The van der Waals surface area contributed by atoms with Crippen molar-refractivity contribution in [3.8, 4) is 5.75 Å². The molecule has 0 saturated heterocycles. The van der Waals surface area contributed by atoms with Gasteiger partial charge in [-0.3, -0.25) is 4.79 Å². The molecule has 22 heavy (non-hydrogen) atoms. The van der Waals surface area contributed by atoms with E-state index in [1.807, 2.05) is 13.8 Å². The molecule has 0 saturated carbocycles. The van der Waals surface area contributed by atoms with Crippen LogP contribution in [0.15, 0.2) is 36.4 Å². The summed E-state index contributed by atoms with van der Waals surface area (Å²) in [5, 5.41) is 4.07. The van der Waals surface area contributed by atoms with Gasteiger partial charge in [-0.15, -0.1) is 0 Å². The van der Waals surface area contributed by atoms with Gasteiger partial charge in [-0.25, -0.2) is 0 Å². The van der Waals surface area contributed by atoms with Crippen molar-refractivity contribution in [2.45, 2.75) is 26.9 Å². The monoisotopic (exact) mass is 337 g/mol. The highest BCUT2D eigenvalue weighted by Crippen LogP contribution is 2.25. The van der Waals surface area contributed by atoms with E-state index in [-0.39, 0.29) is 5.91 Å². The first-order chi connectivity index (χ1) is 10.4. The van der Waals surface area contributed by atoms with Crippen LogP contribution in [0.25, 0.3) is 0 Å². The van der Waals surface area contributed by atoms with Crippen LogP contribution in [0.4, 0.5) is 5.69 Å². The number of ether oxygens (including phenoxy) is 1. The quantitative estimate of drug-likeness (QED) is 0.850. The molecule has 1 N–H and O–H groups in total. The van der Waals surface area contributed by atoms with Crippen molar-refractivity contribution in [1.29, 1.82) is 0 Å². The molecule has 0 unspecified atom stereocenters. The fourth-order valence-corrected chi connectivity index (χ4v) is 2.37. The molecule has 0 fully saturated rings. The number of aryl methyl sites for hydroxylation is 1. The largest absolute Gasteiger partial charge is 0.481 e. The Morgan fingerprint density at radius 3 is 2.59 bits per heavy atom. The highest BCUT2D eigenvalue weighted by Gasteiger charge is 2.17. The minimum absolute atomic E-state index is 0.236. The molecule has 2 aromatic rings. The maximum absolute atomic E-state index is 12.3. The summed E-state index contributed by atoms with van der Waals surface area (Å²) < 4.78 is 5.70. The molecule has 0 radical (unpaired) electrons. The van der Waals surface area contributed by atoms with Crippen molar-refractivity contribution in [3.05, 3.63) is 57.6 Å². The second kappa shape index (κ2) is 7.03. The first-order valence-corrected chi connectivity index (χ1v) is 7.63. The zero-order valence-corrected chi connectivity index (χ0v) is 14.1. The fourth-order valence-electron chi connectivity index (χ4n) is 1.97. The first kappa shape index (κ1) is 16.7. The van der Waals surface area contributed by atoms with Crippen molar-refractivity contribution < 1.29 is 9.53 Å². The van der Waals surface area contributed by atoms with Crippen LogP contribution < -0.4 is 10.1 Å². The molecule has 3 nitrogen and oxygen atoms in total. The molecule has 1 atom stereocenters. The fraction of sp³-hybridized carbons (Fsp3) is 0.235. The van der Waals surface area contributed by atoms with E-state index in [0.29, 0.717) is 21.5 Å². The van der Waals surface area contributed by atoms with Gasteiger partial charge in [0.25, 0.3) is 5.91 Å². The Kier molecular flexibility index (Phi) is 5.33. The maximum Gasteiger partial charge on any atom is 0.265 e.